The first-order valence-corrected chi connectivity index (χ1v) is 6.48. The van der Waals surface area contributed by atoms with Crippen molar-refractivity contribution < 1.29 is 4.79 Å². The Balaban J connectivity index is 2.00. The van der Waals surface area contributed by atoms with Gasteiger partial charge in [0, 0.05) is 12.1 Å². The van der Waals surface area contributed by atoms with Gasteiger partial charge in [0.05, 0.1) is 0 Å². The molecule has 2 aromatic rings. The number of nitrogens with one attached hydrogen (secondary N) is 2. The molecule has 19 heavy (non-hydrogen) atoms. The van der Waals surface area contributed by atoms with E-state index in [0.717, 1.165) is 5.56 Å². The van der Waals surface area contributed by atoms with Crippen LogP contribution in [-0.4, -0.2) is 11.6 Å². The molecule has 2 aromatic carbocycles. The quantitative estimate of drug-likeness (QED) is 0.849. The highest BCUT2D eigenvalue weighted by Crippen LogP contribution is 2.15. The predicted octanol–water partition coefficient (Wildman–Crippen LogP) is 3.44. The van der Waals surface area contributed by atoms with Crippen molar-refractivity contribution in [3.63, 3.8) is 0 Å². The van der Waals surface area contributed by atoms with Gasteiger partial charge in [-0.2, -0.15) is 0 Å². The van der Waals surface area contributed by atoms with Crippen molar-refractivity contribution >= 4 is 16.8 Å². The lowest BCUT2D eigenvalue weighted by atomic mass is 10.1. The van der Waals surface area contributed by atoms with Gasteiger partial charge >= 0.3 is 6.03 Å². The zero-order valence-corrected chi connectivity index (χ0v) is 11.7. The van der Waals surface area contributed by atoms with E-state index in [1.54, 1.807) is 0 Å². The molecule has 2 rings (SSSR count). The van der Waals surface area contributed by atoms with Crippen LogP contribution in [0.1, 0.15) is 26.3 Å². The van der Waals surface area contributed by atoms with Gasteiger partial charge in [-0.25, -0.2) is 4.79 Å². The molecule has 0 radical (unpaired) electrons. The molecule has 100 valence electrons. The van der Waals surface area contributed by atoms with Crippen LogP contribution in [0.25, 0.3) is 10.8 Å². The number of rotatable bonds is 2. The smallest absolute Gasteiger partial charge is 0.315 e. The molecule has 0 aliphatic carbocycles. The normalized spacial score (nSPS) is 11.3. The number of fused-ring (bicyclic) bond motifs is 1. The van der Waals surface area contributed by atoms with Crippen LogP contribution in [0.3, 0.4) is 0 Å². The minimum absolute atomic E-state index is 0.138. The standard InChI is InChI=1S/C16H20N2O/c1-16(2,3)18-15(19)17-11-12-8-9-13-6-4-5-7-14(13)10-12/h4-10H,11H2,1-3H3,(H2,17,18,19). The van der Waals surface area contributed by atoms with Crippen LogP contribution in [0.4, 0.5) is 4.79 Å². The highest BCUT2D eigenvalue weighted by atomic mass is 16.2. The molecule has 3 heteroatoms. The Labute approximate surface area is 114 Å². The molecule has 0 saturated carbocycles. The van der Waals surface area contributed by atoms with Crippen molar-refractivity contribution in [3.05, 3.63) is 48.0 Å². The van der Waals surface area contributed by atoms with Gasteiger partial charge in [0.1, 0.15) is 0 Å². The topological polar surface area (TPSA) is 41.1 Å². The Morgan fingerprint density at radius 2 is 1.74 bits per heavy atom. The van der Waals surface area contributed by atoms with Crippen molar-refractivity contribution in [2.45, 2.75) is 32.9 Å². The largest absolute Gasteiger partial charge is 0.334 e. The second-order valence-corrected chi connectivity index (χ2v) is 5.74. The minimum atomic E-state index is -0.215. The fourth-order valence-corrected chi connectivity index (χ4v) is 1.92. The maximum atomic E-state index is 11.7. The highest BCUT2D eigenvalue weighted by molar-refractivity contribution is 5.83. The summed E-state index contributed by atoms with van der Waals surface area (Å²) >= 11 is 0. The summed E-state index contributed by atoms with van der Waals surface area (Å²) in [4.78, 5) is 11.7. The molecule has 0 aromatic heterocycles. The lowest BCUT2D eigenvalue weighted by Crippen LogP contribution is -2.46. The first kappa shape index (κ1) is 13.4. The molecule has 0 fully saturated rings. The summed E-state index contributed by atoms with van der Waals surface area (Å²) in [6.45, 7) is 6.42. The molecule has 0 atom stereocenters. The Hall–Kier alpha value is -2.03. The highest BCUT2D eigenvalue weighted by Gasteiger charge is 2.12. The zero-order chi connectivity index (χ0) is 13.9. The van der Waals surface area contributed by atoms with Crippen LogP contribution in [0, 0.1) is 0 Å². The van der Waals surface area contributed by atoms with Crippen LogP contribution in [0.15, 0.2) is 42.5 Å². The van der Waals surface area contributed by atoms with Crippen molar-refractivity contribution in [2.24, 2.45) is 0 Å². The molecule has 0 aliphatic rings. The average Bonchev–Trinajstić information content (AvgIpc) is 2.34. The van der Waals surface area contributed by atoms with E-state index in [0.29, 0.717) is 6.54 Å². The molecule has 2 amide bonds. The van der Waals surface area contributed by atoms with Crippen LogP contribution in [-0.2, 0) is 6.54 Å². The van der Waals surface area contributed by atoms with E-state index in [1.165, 1.54) is 10.8 Å². The Morgan fingerprint density at radius 1 is 1.05 bits per heavy atom. The first-order valence-electron chi connectivity index (χ1n) is 6.48. The number of carbonyl (C=O) groups excluding carboxylic acids is 1. The molecule has 0 aliphatic heterocycles. The zero-order valence-electron chi connectivity index (χ0n) is 11.7. The number of amides is 2. The third kappa shape index (κ3) is 3.98. The maximum absolute atomic E-state index is 11.7. The molecule has 0 spiro atoms. The van der Waals surface area contributed by atoms with Crippen molar-refractivity contribution in [1.82, 2.24) is 10.6 Å². The lowest BCUT2D eigenvalue weighted by Gasteiger charge is -2.20. The fraction of sp³-hybridized carbons (Fsp3) is 0.312. The van der Waals surface area contributed by atoms with Crippen LogP contribution in [0.2, 0.25) is 0 Å². The van der Waals surface area contributed by atoms with Gasteiger partial charge in [0.15, 0.2) is 0 Å². The van der Waals surface area contributed by atoms with Gasteiger partial charge in [-0.1, -0.05) is 36.4 Å². The van der Waals surface area contributed by atoms with Crippen LogP contribution >= 0.6 is 0 Å². The van der Waals surface area contributed by atoms with E-state index in [-0.39, 0.29) is 11.6 Å². The van der Waals surface area contributed by atoms with E-state index in [9.17, 15) is 4.79 Å². The maximum Gasteiger partial charge on any atom is 0.315 e. The van der Waals surface area contributed by atoms with E-state index >= 15 is 0 Å². The van der Waals surface area contributed by atoms with Gasteiger partial charge in [-0.05, 0) is 43.2 Å². The fourth-order valence-electron chi connectivity index (χ4n) is 1.92. The van der Waals surface area contributed by atoms with E-state index in [2.05, 4.69) is 34.9 Å². The summed E-state index contributed by atoms with van der Waals surface area (Å²) in [5.41, 5.74) is 0.885. The summed E-state index contributed by atoms with van der Waals surface area (Å²) < 4.78 is 0. The third-order valence-corrected chi connectivity index (χ3v) is 2.76. The van der Waals surface area contributed by atoms with Gasteiger partial charge < -0.3 is 10.6 Å². The van der Waals surface area contributed by atoms with E-state index in [1.807, 2.05) is 39.0 Å². The first-order chi connectivity index (χ1) is 8.94. The second kappa shape index (κ2) is 5.31. The van der Waals surface area contributed by atoms with Crippen molar-refractivity contribution in [1.29, 1.82) is 0 Å². The summed E-state index contributed by atoms with van der Waals surface area (Å²) in [6, 6.07) is 14.3. The van der Waals surface area contributed by atoms with Gasteiger partial charge in [0.25, 0.3) is 0 Å². The van der Waals surface area contributed by atoms with Crippen molar-refractivity contribution in [2.75, 3.05) is 0 Å². The minimum Gasteiger partial charge on any atom is -0.334 e. The monoisotopic (exact) mass is 256 g/mol. The third-order valence-electron chi connectivity index (χ3n) is 2.76. The molecule has 2 N–H and O–H groups in total. The van der Waals surface area contributed by atoms with Crippen LogP contribution < -0.4 is 10.6 Å². The lowest BCUT2D eigenvalue weighted by molar-refractivity contribution is 0.231. The molecule has 0 unspecified atom stereocenters. The molecule has 3 nitrogen and oxygen atoms in total. The molecular formula is C16H20N2O. The molecule has 0 bridgehead atoms. The number of carbonyl (C=O) groups is 1. The second-order valence-electron chi connectivity index (χ2n) is 5.74. The number of urea groups is 1. The van der Waals surface area contributed by atoms with Gasteiger partial charge in [-0.15, -0.1) is 0 Å². The predicted molar refractivity (Wildman–Crippen MR) is 79.1 cm³/mol. The molecule has 0 saturated heterocycles. The summed E-state index contributed by atoms with van der Waals surface area (Å²) in [5.74, 6) is 0. The molecule has 0 heterocycles. The van der Waals surface area contributed by atoms with Gasteiger partial charge in [0.2, 0.25) is 0 Å². The summed E-state index contributed by atoms with van der Waals surface area (Å²) in [5, 5.41) is 8.15. The Bertz CT molecular complexity index is 585. The SMILES string of the molecule is CC(C)(C)NC(=O)NCc1ccc2ccccc2c1. The molecular weight excluding hydrogens is 236 g/mol. The number of benzene rings is 2. The number of hydrogen-bond donors (Lipinski definition) is 2. The summed E-state index contributed by atoms with van der Waals surface area (Å²) in [6.07, 6.45) is 0. The van der Waals surface area contributed by atoms with E-state index in [4.69, 9.17) is 0 Å². The van der Waals surface area contributed by atoms with Gasteiger partial charge in [-0.3, -0.25) is 0 Å². The summed E-state index contributed by atoms with van der Waals surface area (Å²) in [7, 11) is 0. The van der Waals surface area contributed by atoms with Crippen LogP contribution in [0.5, 0.6) is 0 Å². The van der Waals surface area contributed by atoms with Crippen molar-refractivity contribution in [3.8, 4) is 0 Å². The average molecular weight is 256 g/mol. The Kier molecular flexibility index (Phi) is 3.74. The number of hydrogen-bond acceptors (Lipinski definition) is 1. The Morgan fingerprint density at radius 3 is 2.42 bits per heavy atom. The van der Waals surface area contributed by atoms with E-state index < -0.39 is 0 Å².